The maximum absolute atomic E-state index is 14.3. The first-order valence-electron chi connectivity index (χ1n) is 8.18. The van der Waals surface area contributed by atoms with E-state index in [4.69, 9.17) is 4.74 Å². The molecular weight excluding hydrogens is 345 g/mol. The van der Waals surface area contributed by atoms with Gasteiger partial charge in [-0.25, -0.2) is 18.2 Å². The second-order valence-corrected chi connectivity index (χ2v) is 6.39. The van der Waals surface area contributed by atoms with Gasteiger partial charge in [0, 0.05) is 17.0 Å². The van der Waals surface area contributed by atoms with Crippen molar-refractivity contribution < 1.29 is 22.7 Å². The van der Waals surface area contributed by atoms with Crippen LogP contribution in [0.4, 0.5) is 13.2 Å². The molecule has 0 spiro atoms. The van der Waals surface area contributed by atoms with Gasteiger partial charge >= 0.3 is 0 Å². The van der Waals surface area contributed by atoms with Crippen LogP contribution in [0.5, 0.6) is 0 Å². The highest BCUT2D eigenvalue weighted by Crippen LogP contribution is 2.53. The average molecular weight is 360 g/mol. The van der Waals surface area contributed by atoms with Gasteiger partial charge in [0.05, 0.1) is 0 Å². The molecule has 1 N–H and O–H groups in total. The van der Waals surface area contributed by atoms with Crippen LogP contribution in [-0.2, 0) is 10.3 Å². The van der Waals surface area contributed by atoms with E-state index in [-0.39, 0.29) is 11.6 Å². The lowest BCUT2D eigenvalue weighted by atomic mass is 9.85. The van der Waals surface area contributed by atoms with E-state index in [1.54, 1.807) is 30.3 Å². The standard InChI is InChI=1S/C19H15F3N2O2/c20-10-19(12-7-4-8-14(21)16(12)22)13-9-15(13)26-18(24-19)23-17(25)11-5-2-1-3-6-11/h1-8,13,15H,9-10H2,(H,23,24,25)/t13-,15+,19+/m0/s1. The number of carbonyl (C=O) groups excluding carboxylic acids is 1. The molecule has 26 heavy (non-hydrogen) atoms. The monoisotopic (exact) mass is 360 g/mol. The molecule has 1 heterocycles. The Balaban J connectivity index is 1.70. The Morgan fingerprint density at radius 2 is 1.96 bits per heavy atom. The van der Waals surface area contributed by atoms with Gasteiger partial charge in [-0.2, -0.15) is 0 Å². The minimum Gasteiger partial charge on any atom is -0.461 e. The van der Waals surface area contributed by atoms with Gasteiger partial charge in [0.25, 0.3) is 11.9 Å². The summed E-state index contributed by atoms with van der Waals surface area (Å²) in [6, 6.07) is 11.8. The van der Waals surface area contributed by atoms with Crippen LogP contribution in [0.3, 0.4) is 0 Å². The number of rotatable bonds is 3. The van der Waals surface area contributed by atoms with Gasteiger partial charge < -0.3 is 4.74 Å². The van der Waals surface area contributed by atoms with Gasteiger partial charge in [-0.15, -0.1) is 0 Å². The zero-order chi connectivity index (χ0) is 18.3. The molecular formula is C19H15F3N2O2. The van der Waals surface area contributed by atoms with E-state index in [9.17, 15) is 18.0 Å². The molecule has 4 rings (SSSR count). The lowest BCUT2D eigenvalue weighted by Gasteiger charge is -2.32. The summed E-state index contributed by atoms with van der Waals surface area (Å²) in [5.41, 5.74) is -1.39. The second-order valence-electron chi connectivity index (χ2n) is 6.39. The van der Waals surface area contributed by atoms with Crippen LogP contribution in [0, 0.1) is 17.6 Å². The van der Waals surface area contributed by atoms with E-state index in [0.717, 1.165) is 6.07 Å². The highest BCUT2D eigenvalue weighted by molar-refractivity contribution is 6.04. The van der Waals surface area contributed by atoms with E-state index >= 15 is 0 Å². The number of fused-ring (bicyclic) bond motifs is 1. The number of alkyl halides is 1. The van der Waals surface area contributed by atoms with E-state index in [1.165, 1.54) is 12.1 Å². The molecule has 1 saturated carbocycles. The summed E-state index contributed by atoms with van der Waals surface area (Å²) in [6.07, 6.45) is 0.0608. The molecule has 1 aliphatic heterocycles. The van der Waals surface area contributed by atoms with Gasteiger partial charge in [-0.3, -0.25) is 10.1 Å². The number of amides is 1. The largest absolute Gasteiger partial charge is 0.461 e. The van der Waals surface area contributed by atoms with Crippen molar-refractivity contribution in [2.75, 3.05) is 6.67 Å². The molecule has 2 aromatic rings. The van der Waals surface area contributed by atoms with Crippen LogP contribution in [0.15, 0.2) is 53.5 Å². The Kier molecular flexibility index (Phi) is 3.94. The molecule has 0 aromatic heterocycles. The third-order valence-corrected chi connectivity index (χ3v) is 4.79. The molecule has 0 unspecified atom stereocenters. The number of halogens is 3. The molecule has 2 aromatic carbocycles. The van der Waals surface area contributed by atoms with Gasteiger partial charge in [0.15, 0.2) is 11.6 Å². The van der Waals surface area contributed by atoms with E-state index in [1.807, 2.05) is 0 Å². The van der Waals surface area contributed by atoms with Crippen molar-refractivity contribution in [2.45, 2.75) is 18.1 Å². The zero-order valence-corrected chi connectivity index (χ0v) is 13.6. The molecule has 0 saturated heterocycles. The van der Waals surface area contributed by atoms with Gasteiger partial charge in [0.1, 0.15) is 18.3 Å². The minimum absolute atomic E-state index is 0.165. The first kappa shape index (κ1) is 16.6. The number of nitrogens with one attached hydrogen (secondary N) is 1. The third kappa shape index (κ3) is 2.64. The highest BCUT2D eigenvalue weighted by atomic mass is 19.2. The molecule has 1 amide bonds. The average Bonchev–Trinajstić information content (AvgIpc) is 3.44. The number of nitrogens with zero attached hydrogens (tertiary/aromatic N) is 1. The fraction of sp³-hybridized carbons (Fsp3) is 0.263. The smallest absolute Gasteiger partial charge is 0.292 e. The highest BCUT2D eigenvalue weighted by Gasteiger charge is 2.60. The lowest BCUT2D eigenvalue weighted by molar-refractivity contribution is 0.0950. The number of hydrogen-bond donors (Lipinski definition) is 1. The second kappa shape index (κ2) is 6.16. The van der Waals surface area contributed by atoms with Crippen molar-refractivity contribution in [3.8, 4) is 0 Å². The predicted octanol–water partition coefficient (Wildman–Crippen LogP) is 3.33. The molecule has 3 atom stereocenters. The van der Waals surface area contributed by atoms with Crippen molar-refractivity contribution in [2.24, 2.45) is 10.9 Å². The summed E-state index contributed by atoms with van der Waals surface area (Å²) in [7, 11) is 0. The SMILES string of the molecule is O=C(NC1=N[C@](CF)(c2cccc(F)c2F)[C@H]2C[C@H]2O1)c1ccccc1. The third-order valence-electron chi connectivity index (χ3n) is 4.79. The quantitative estimate of drug-likeness (QED) is 0.913. The number of hydrogen-bond acceptors (Lipinski definition) is 3. The number of aliphatic imine (C=N–C) groups is 1. The topological polar surface area (TPSA) is 50.7 Å². The van der Waals surface area contributed by atoms with Crippen molar-refractivity contribution in [1.29, 1.82) is 0 Å². The van der Waals surface area contributed by atoms with Crippen molar-refractivity contribution in [3.05, 3.63) is 71.3 Å². The Morgan fingerprint density at radius 1 is 1.19 bits per heavy atom. The molecule has 0 radical (unpaired) electrons. The number of amidine groups is 1. The summed E-state index contributed by atoms with van der Waals surface area (Å²) >= 11 is 0. The Morgan fingerprint density at radius 3 is 2.69 bits per heavy atom. The molecule has 7 heteroatoms. The first-order chi connectivity index (χ1) is 12.5. The number of ether oxygens (including phenoxy) is 1. The van der Waals surface area contributed by atoms with Crippen LogP contribution < -0.4 is 5.32 Å². The van der Waals surface area contributed by atoms with Crippen LogP contribution in [0.1, 0.15) is 22.3 Å². The van der Waals surface area contributed by atoms with Gasteiger partial charge in [-0.05, 0) is 24.6 Å². The minimum atomic E-state index is -1.60. The Hall–Kier alpha value is -2.83. The first-order valence-corrected chi connectivity index (χ1v) is 8.18. The molecule has 1 aliphatic carbocycles. The fourth-order valence-electron chi connectivity index (χ4n) is 3.35. The summed E-state index contributed by atoms with van der Waals surface area (Å²) in [4.78, 5) is 16.5. The molecule has 2 aliphatic rings. The predicted molar refractivity (Wildman–Crippen MR) is 88.3 cm³/mol. The van der Waals surface area contributed by atoms with E-state index in [2.05, 4.69) is 10.3 Å². The molecule has 134 valence electrons. The maximum Gasteiger partial charge on any atom is 0.292 e. The van der Waals surface area contributed by atoms with Crippen LogP contribution in [0.25, 0.3) is 0 Å². The summed E-state index contributed by atoms with van der Waals surface area (Å²) < 4.78 is 47.6. The van der Waals surface area contributed by atoms with Crippen molar-refractivity contribution in [1.82, 2.24) is 5.32 Å². The number of benzene rings is 2. The summed E-state index contributed by atoms with van der Waals surface area (Å²) in [5.74, 6) is -3.07. The van der Waals surface area contributed by atoms with Crippen molar-refractivity contribution in [3.63, 3.8) is 0 Å². The number of carbonyl (C=O) groups is 1. The van der Waals surface area contributed by atoms with E-state index in [0.29, 0.717) is 12.0 Å². The normalized spacial score (nSPS) is 26.3. The maximum atomic E-state index is 14.3. The Bertz CT molecular complexity index is 888. The summed E-state index contributed by atoms with van der Waals surface area (Å²) in [6.45, 7) is -1.03. The van der Waals surface area contributed by atoms with Gasteiger partial charge in [0.2, 0.25) is 0 Å². The molecule has 4 nitrogen and oxygen atoms in total. The molecule has 0 bridgehead atoms. The van der Waals surface area contributed by atoms with E-state index < -0.39 is 41.8 Å². The fourth-order valence-corrected chi connectivity index (χ4v) is 3.35. The zero-order valence-electron chi connectivity index (χ0n) is 13.6. The lowest BCUT2D eigenvalue weighted by Crippen LogP contribution is -2.43. The van der Waals surface area contributed by atoms with Gasteiger partial charge in [-0.1, -0.05) is 30.3 Å². The van der Waals surface area contributed by atoms with Crippen LogP contribution >= 0.6 is 0 Å². The summed E-state index contributed by atoms with van der Waals surface area (Å²) in [5, 5.41) is 2.49. The molecule has 1 fully saturated rings. The van der Waals surface area contributed by atoms with Crippen LogP contribution in [-0.4, -0.2) is 24.7 Å². The van der Waals surface area contributed by atoms with Crippen molar-refractivity contribution >= 4 is 11.9 Å². The van der Waals surface area contributed by atoms with Crippen LogP contribution in [0.2, 0.25) is 0 Å². The Labute approximate surface area is 147 Å².